The van der Waals surface area contributed by atoms with E-state index in [1.54, 1.807) is 0 Å². The van der Waals surface area contributed by atoms with Gasteiger partial charge in [-0.05, 0) is 6.42 Å². The summed E-state index contributed by atoms with van der Waals surface area (Å²) in [5.74, 6) is 2.41. The molecule has 0 aliphatic heterocycles. The lowest BCUT2D eigenvalue weighted by Gasteiger charge is -2.18. The van der Waals surface area contributed by atoms with Gasteiger partial charge in [-0.3, -0.25) is 0 Å². The van der Waals surface area contributed by atoms with Gasteiger partial charge in [-0.1, -0.05) is 31.6 Å². The van der Waals surface area contributed by atoms with E-state index in [1.807, 2.05) is 0 Å². The Morgan fingerprint density at radius 3 is 2.46 bits per heavy atom. The van der Waals surface area contributed by atoms with E-state index >= 15 is 0 Å². The average molecular weight is 199 g/mol. The molecule has 0 aromatic carbocycles. The zero-order valence-electron chi connectivity index (χ0n) is 8.46. The van der Waals surface area contributed by atoms with Gasteiger partial charge >= 0.3 is 6.09 Å². The highest BCUT2D eigenvalue weighted by Gasteiger charge is 2.17. The summed E-state index contributed by atoms with van der Waals surface area (Å²) in [6.45, 7) is 6.72. The number of amides is 1. The molecular formula is C9H17NO2Si. The Hall–Kier alpha value is -0.953. The first-order valence-electron chi connectivity index (χ1n) is 4.27. The van der Waals surface area contributed by atoms with Gasteiger partial charge in [0, 0.05) is 8.07 Å². The van der Waals surface area contributed by atoms with Crippen LogP contribution in [-0.4, -0.2) is 20.3 Å². The lowest BCUT2D eigenvalue weighted by Crippen LogP contribution is -2.26. The molecule has 1 atom stereocenters. The van der Waals surface area contributed by atoms with E-state index in [4.69, 9.17) is 16.9 Å². The monoisotopic (exact) mass is 199 g/mol. The van der Waals surface area contributed by atoms with Gasteiger partial charge in [0.2, 0.25) is 0 Å². The quantitative estimate of drug-likeness (QED) is 0.554. The first-order chi connectivity index (χ1) is 5.85. The van der Waals surface area contributed by atoms with E-state index in [9.17, 15) is 4.79 Å². The molecule has 0 aromatic heterocycles. The number of rotatable bonds is 4. The highest BCUT2D eigenvalue weighted by atomic mass is 28.3. The molecular weight excluding hydrogens is 182 g/mol. The van der Waals surface area contributed by atoms with Crippen LogP contribution in [0.25, 0.3) is 0 Å². The van der Waals surface area contributed by atoms with Crippen LogP contribution >= 0.6 is 0 Å². The average Bonchev–Trinajstić information content (AvgIpc) is 1.95. The van der Waals surface area contributed by atoms with Crippen molar-refractivity contribution in [3.8, 4) is 12.3 Å². The minimum absolute atomic E-state index is 0.454. The highest BCUT2D eigenvalue weighted by molar-refractivity contribution is 6.76. The fourth-order valence-electron chi connectivity index (χ4n) is 0.881. The van der Waals surface area contributed by atoms with Crippen molar-refractivity contribution in [2.45, 2.75) is 38.2 Å². The molecule has 0 radical (unpaired) electrons. The Labute approximate surface area is 80.7 Å². The fourth-order valence-corrected chi connectivity index (χ4v) is 2.01. The molecule has 0 saturated carbocycles. The summed E-state index contributed by atoms with van der Waals surface area (Å²) in [6, 6.07) is 1.04. The van der Waals surface area contributed by atoms with Crippen LogP contribution < -0.4 is 5.73 Å². The minimum atomic E-state index is -1.11. The van der Waals surface area contributed by atoms with Gasteiger partial charge in [-0.25, -0.2) is 4.79 Å². The van der Waals surface area contributed by atoms with Gasteiger partial charge in [0.25, 0.3) is 0 Å². The summed E-state index contributed by atoms with van der Waals surface area (Å²) in [4.78, 5) is 10.4. The molecule has 4 heteroatoms. The lowest BCUT2D eigenvalue weighted by atomic mass is 10.3. The van der Waals surface area contributed by atoms with E-state index < -0.39 is 20.3 Å². The third kappa shape index (κ3) is 7.41. The van der Waals surface area contributed by atoms with Gasteiger partial charge in [0.05, 0.1) is 0 Å². The van der Waals surface area contributed by atoms with Crippen LogP contribution in [0.4, 0.5) is 4.79 Å². The molecule has 3 nitrogen and oxygen atoms in total. The van der Waals surface area contributed by atoms with Gasteiger partial charge in [0.1, 0.15) is 0 Å². The zero-order valence-corrected chi connectivity index (χ0v) is 9.46. The molecule has 2 N–H and O–H groups in total. The van der Waals surface area contributed by atoms with Crippen LogP contribution in [-0.2, 0) is 4.74 Å². The number of nitrogens with two attached hydrogens (primary N) is 1. The van der Waals surface area contributed by atoms with Crippen LogP contribution in [0.3, 0.4) is 0 Å². The molecule has 0 aromatic rings. The molecule has 13 heavy (non-hydrogen) atoms. The largest absolute Gasteiger partial charge is 0.433 e. The van der Waals surface area contributed by atoms with Gasteiger partial charge in [-0.2, -0.15) is 0 Å². The van der Waals surface area contributed by atoms with Gasteiger partial charge in [0.15, 0.2) is 6.10 Å². The summed E-state index contributed by atoms with van der Waals surface area (Å²) in [5, 5.41) is 0. The summed E-state index contributed by atoms with van der Waals surface area (Å²) in [5.41, 5.74) is 4.86. The Morgan fingerprint density at radius 1 is 1.62 bits per heavy atom. The Balaban J connectivity index is 3.88. The van der Waals surface area contributed by atoms with Crippen molar-refractivity contribution in [1.29, 1.82) is 0 Å². The lowest BCUT2D eigenvalue weighted by molar-refractivity contribution is 0.131. The predicted octanol–water partition coefficient (Wildman–Crippen LogP) is 1.81. The summed E-state index contributed by atoms with van der Waals surface area (Å²) < 4.78 is 4.72. The van der Waals surface area contributed by atoms with Crippen molar-refractivity contribution in [3.05, 3.63) is 0 Å². The smallest absolute Gasteiger partial charge is 0.405 e. The number of ether oxygens (including phenoxy) is 1. The van der Waals surface area contributed by atoms with Gasteiger partial charge < -0.3 is 10.5 Å². The second kappa shape index (κ2) is 4.93. The first-order valence-corrected chi connectivity index (χ1v) is 7.98. The maximum absolute atomic E-state index is 10.4. The maximum atomic E-state index is 10.4. The van der Waals surface area contributed by atoms with Gasteiger partial charge in [-0.15, -0.1) is 6.42 Å². The van der Waals surface area contributed by atoms with Crippen LogP contribution in [0, 0.1) is 12.3 Å². The molecule has 0 saturated heterocycles. The molecule has 0 bridgehead atoms. The van der Waals surface area contributed by atoms with E-state index in [-0.39, 0.29) is 0 Å². The third-order valence-electron chi connectivity index (χ3n) is 1.60. The Bertz CT molecular complexity index is 215. The van der Waals surface area contributed by atoms with Crippen LogP contribution in [0.2, 0.25) is 25.7 Å². The van der Waals surface area contributed by atoms with Crippen LogP contribution in [0.1, 0.15) is 6.42 Å². The normalized spacial score (nSPS) is 13.1. The van der Waals surface area contributed by atoms with E-state index in [0.29, 0.717) is 0 Å². The second-order valence-corrected chi connectivity index (χ2v) is 9.81. The molecule has 0 heterocycles. The van der Waals surface area contributed by atoms with Crippen molar-refractivity contribution in [3.63, 3.8) is 0 Å². The molecule has 0 aliphatic rings. The summed E-state index contributed by atoms with van der Waals surface area (Å²) in [7, 11) is -1.11. The van der Waals surface area contributed by atoms with E-state index in [2.05, 4.69) is 25.6 Å². The third-order valence-corrected chi connectivity index (χ3v) is 3.39. The van der Waals surface area contributed by atoms with Crippen molar-refractivity contribution >= 4 is 14.2 Å². The predicted molar refractivity (Wildman–Crippen MR) is 56.1 cm³/mol. The minimum Gasteiger partial charge on any atom is -0.433 e. The first kappa shape index (κ1) is 12.0. The molecule has 0 fully saturated rings. The van der Waals surface area contributed by atoms with Crippen molar-refractivity contribution in [2.75, 3.05) is 0 Å². The van der Waals surface area contributed by atoms with Crippen molar-refractivity contribution in [1.82, 2.24) is 0 Å². The molecule has 0 spiro atoms. The van der Waals surface area contributed by atoms with E-state index in [1.165, 1.54) is 0 Å². The van der Waals surface area contributed by atoms with Crippen molar-refractivity contribution in [2.24, 2.45) is 5.73 Å². The topological polar surface area (TPSA) is 52.3 Å². The zero-order chi connectivity index (χ0) is 10.5. The molecule has 74 valence electrons. The Kier molecular flexibility index (Phi) is 4.56. The standard InChI is InChI=1S/C9H17NO2Si/c1-5-8(12-9(10)11)6-7-13(2,3)4/h1,8H,6-7H2,2-4H3,(H2,10,11). The van der Waals surface area contributed by atoms with Crippen LogP contribution in [0.15, 0.2) is 0 Å². The van der Waals surface area contributed by atoms with Crippen LogP contribution in [0.5, 0.6) is 0 Å². The number of carbonyl (C=O) groups is 1. The number of terminal acetylenes is 1. The number of carbonyl (C=O) groups excluding carboxylic acids is 1. The molecule has 0 aliphatic carbocycles. The maximum Gasteiger partial charge on any atom is 0.405 e. The summed E-state index contributed by atoms with van der Waals surface area (Å²) >= 11 is 0. The van der Waals surface area contributed by atoms with Crippen molar-refractivity contribution < 1.29 is 9.53 Å². The number of hydrogen-bond acceptors (Lipinski definition) is 2. The molecule has 1 amide bonds. The molecule has 0 rings (SSSR count). The number of hydrogen-bond donors (Lipinski definition) is 1. The highest BCUT2D eigenvalue weighted by Crippen LogP contribution is 2.14. The molecule has 1 unspecified atom stereocenters. The fraction of sp³-hybridized carbons (Fsp3) is 0.667. The second-order valence-electron chi connectivity index (χ2n) is 4.19. The van der Waals surface area contributed by atoms with E-state index in [0.717, 1.165) is 12.5 Å². The summed E-state index contributed by atoms with van der Waals surface area (Å²) in [6.07, 6.45) is 4.65. The SMILES string of the molecule is C#CC(CC[Si](C)(C)C)OC(N)=O. The number of primary amides is 1. The Morgan fingerprint density at radius 2 is 2.15 bits per heavy atom.